The highest BCUT2D eigenvalue weighted by molar-refractivity contribution is 5.01. The maximum absolute atomic E-state index is 9.34. The Morgan fingerprint density at radius 3 is 2.77 bits per heavy atom. The molecule has 2 fully saturated rings. The predicted molar refractivity (Wildman–Crippen MR) is 49.0 cm³/mol. The molecule has 1 atom stereocenters. The lowest BCUT2D eigenvalue weighted by atomic mass is 10.0. The Morgan fingerprint density at radius 1 is 1.54 bits per heavy atom. The highest BCUT2D eigenvalue weighted by Gasteiger charge is 2.44. The first-order chi connectivity index (χ1) is 6.24. The number of hydrogen-bond acceptors (Lipinski definition) is 3. The fourth-order valence-electron chi connectivity index (χ4n) is 2.17. The quantitative estimate of drug-likeness (QED) is 0.697. The van der Waals surface area contributed by atoms with Gasteiger partial charge in [0.25, 0.3) is 0 Å². The minimum atomic E-state index is -0.127. The first-order valence-electron chi connectivity index (χ1n) is 5.01. The summed E-state index contributed by atoms with van der Waals surface area (Å²) in [7, 11) is 0. The Labute approximate surface area is 79.0 Å². The van der Waals surface area contributed by atoms with Crippen molar-refractivity contribution in [3.63, 3.8) is 0 Å². The summed E-state index contributed by atoms with van der Waals surface area (Å²) in [6, 6.07) is 2.27. The first kappa shape index (κ1) is 8.98. The van der Waals surface area contributed by atoms with E-state index in [4.69, 9.17) is 5.26 Å². The summed E-state index contributed by atoms with van der Waals surface area (Å²) in [5.41, 5.74) is 0.304. The summed E-state index contributed by atoms with van der Waals surface area (Å²) in [6.45, 7) is 2.85. The van der Waals surface area contributed by atoms with Crippen molar-refractivity contribution < 1.29 is 5.11 Å². The van der Waals surface area contributed by atoms with Gasteiger partial charge in [-0.2, -0.15) is 5.26 Å². The molecule has 1 aliphatic heterocycles. The Bertz CT molecular complexity index is 230. The van der Waals surface area contributed by atoms with Crippen LogP contribution in [0.15, 0.2) is 0 Å². The summed E-state index contributed by atoms with van der Waals surface area (Å²) >= 11 is 0. The molecule has 1 aliphatic carbocycles. The van der Waals surface area contributed by atoms with E-state index in [1.807, 2.05) is 0 Å². The standard InChI is InChI=1S/C10H16N2O/c11-5-4-10(2-3-10)8-12-6-1-9(13)7-12/h9,13H,1-4,6-8H2. The molecule has 1 N–H and O–H groups in total. The molecule has 0 bridgehead atoms. The van der Waals surface area contributed by atoms with Gasteiger partial charge in [-0.3, -0.25) is 0 Å². The third-order valence-electron chi connectivity index (χ3n) is 3.22. The monoisotopic (exact) mass is 180 g/mol. The molecular formula is C10H16N2O. The van der Waals surface area contributed by atoms with E-state index in [1.54, 1.807) is 0 Å². The van der Waals surface area contributed by atoms with Crippen molar-refractivity contribution in [2.75, 3.05) is 19.6 Å². The van der Waals surface area contributed by atoms with E-state index in [2.05, 4.69) is 11.0 Å². The van der Waals surface area contributed by atoms with Gasteiger partial charge >= 0.3 is 0 Å². The van der Waals surface area contributed by atoms with Crippen molar-refractivity contribution in [1.29, 1.82) is 5.26 Å². The minimum Gasteiger partial charge on any atom is -0.392 e. The molecule has 0 radical (unpaired) electrons. The normalized spacial score (nSPS) is 31.5. The molecule has 2 aliphatic rings. The van der Waals surface area contributed by atoms with Crippen LogP contribution in [0, 0.1) is 16.7 Å². The number of aliphatic hydroxyl groups excluding tert-OH is 1. The highest BCUT2D eigenvalue weighted by Crippen LogP contribution is 2.49. The van der Waals surface area contributed by atoms with Crippen molar-refractivity contribution >= 4 is 0 Å². The molecule has 0 spiro atoms. The lowest BCUT2D eigenvalue weighted by Crippen LogP contribution is -2.29. The van der Waals surface area contributed by atoms with Gasteiger partial charge in [0.05, 0.1) is 12.2 Å². The van der Waals surface area contributed by atoms with E-state index >= 15 is 0 Å². The molecule has 1 saturated heterocycles. The molecule has 0 aromatic heterocycles. The van der Waals surface area contributed by atoms with Crippen LogP contribution >= 0.6 is 0 Å². The SMILES string of the molecule is N#CCC1(CN2CCC(O)C2)CC1. The molecule has 3 nitrogen and oxygen atoms in total. The second-order valence-corrected chi connectivity index (χ2v) is 4.51. The zero-order chi connectivity index (χ0) is 9.31. The molecule has 1 saturated carbocycles. The lowest BCUT2D eigenvalue weighted by Gasteiger charge is -2.20. The van der Waals surface area contributed by atoms with Gasteiger partial charge in [0, 0.05) is 26.1 Å². The van der Waals surface area contributed by atoms with Crippen molar-refractivity contribution in [2.45, 2.75) is 31.8 Å². The van der Waals surface area contributed by atoms with Gasteiger partial charge in [-0.05, 0) is 24.7 Å². The van der Waals surface area contributed by atoms with Crippen LogP contribution < -0.4 is 0 Å². The Kier molecular flexibility index (Phi) is 2.27. The van der Waals surface area contributed by atoms with Crippen LogP contribution in [0.3, 0.4) is 0 Å². The molecule has 1 heterocycles. The molecule has 0 amide bonds. The van der Waals surface area contributed by atoms with Crippen LogP contribution in [0.5, 0.6) is 0 Å². The van der Waals surface area contributed by atoms with Gasteiger partial charge in [0.15, 0.2) is 0 Å². The first-order valence-corrected chi connectivity index (χ1v) is 5.01. The van der Waals surface area contributed by atoms with Gasteiger partial charge < -0.3 is 10.0 Å². The Hall–Kier alpha value is -0.590. The second-order valence-electron chi connectivity index (χ2n) is 4.51. The van der Waals surface area contributed by atoms with Crippen LogP contribution in [0.2, 0.25) is 0 Å². The van der Waals surface area contributed by atoms with Gasteiger partial charge in [-0.25, -0.2) is 0 Å². The van der Waals surface area contributed by atoms with Gasteiger partial charge in [0.1, 0.15) is 0 Å². The van der Waals surface area contributed by atoms with Gasteiger partial charge in [-0.15, -0.1) is 0 Å². The van der Waals surface area contributed by atoms with E-state index in [9.17, 15) is 5.11 Å². The summed E-state index contributed by atoms with van der Waals surface area (Å²) in [5.74, 6) is 0. The molecule has 0 aromatic carbocycles. The topological polar surface area (TPSA) is 47.3 Å². The molecule has 1 unspecified atom stereocenters. The number of aliphatic hydroxyl groups is 1. The second kappa shape index (κ2) is 3.28. The van der Waals surface area contributed by atoms with Crippen LogP contribution in [-0.2, 0) is 0 Å². The number of likely N-dealkylation sites (tertiary alicyclic amines) is 1. The molecular weight excluding hydrogens is 164 g/mol. The van der Waals surface area contributed by atoms with Crippen molar-refractivity contribution in [3.05, 3.63) is 0 Å². The zero-order valence-electron chi connectivity index (χ0n) is 7.87. The average Bonchev–Trinajstić information content (AvgIpc) is 2.70. The molecule has 0 aromatic rings. The Morgan fingerprint density at radius 2 is 2.31 bits per heavy atom. The molecule has 2 rings (SSSR count). The summed E-state index contributed by atoms with van der Waals surface area (Å²) < 4.78 is 0. The van der Waals surface area contributed by atoms with E-state index in [0.717, 1.165) is 26.1 Å². The maximum Gasteiger partial charge on any atom is 0.0679 e. The van der Waals surface area contributed by atoms with Crippen LogP contribution in [0.25, 0.3) is 0 Å². The van der Waals surface area contributed by atoms with E-state index in [1.165, 1.54) is 12.8 Å². The van der Waals surface area contributed by atoms with Crippen molar-refractivity contribution in [3.8, 4) is 6.07 Å². The lowest BCUT2D eigenvalue weighted by molar-refractivity contribution is 0.168. The fraction of sp³-hybridized carbons (Fsp3) is 0.900. The molecule has 13 heavy (non-hydrogen) atoms. The van der Waals surface area contributed by atoms with Crippen molar-refractivity contribution in [2.24, 2.45) is 5.41 Å². The smallest absolute Gasteiger partial charge is 0.0679 e. The summed E-state index contributed by atoms with van der Waals surface area (Å²) in [5, 5.41) is 18.0. The average molecular weight is 180 g/mol. The fourth-order valence-corrected chi connectivity index (χ4v) is 2.17. The van der Waals surface area contributed by atoms with E-state index in [-0.39, 0.29) is 6.10 Å². The van der Waals surface area contributed by atoms with E-state index < -0.39 is 0 Å². The van der Waals surface area contributed by atoms with Crippen LogP contribution in [0.4, 0.5) is 0 Å². The molecule has 3 heteroatoms. The van der Waals surface area contributed by atoms with Gasteiger partial charge in [-0.1, -0.05) is 0 Å². The van der Waals surface area contributed by atoms with Gasteiger partial charge in [0.2, 0.25) is 0 Å². The van der Waals surface area contributed by atoms with Crippen molar-refractivity contribution in [1.82, 2.24) is 4.90 Å². The van der Waals surface area contributed by atoms with E-state index in [0.29, 0.717) is 11.8 Å². The number of nitriles is 1. The number of nitrogens with zero attached hydrogens (tertiary/aromatic N) is 2. The predicted octanol–water partition coefficient (Wildman–Crippen LogP) is 0.747. The third kappa shape index (κ3) is 2.01. The number of rotatable bonds is 3. The maximum atomic E-state index is 9.34. The summed E-state index contributed by atoms with van der Waals surface area (Å²) in [4.78, 5) is 2.30. The van der Waals surface area contributed by atoms with Crippen LogP contribution in [0.1, 0.15) is 25.7 Å². The Balaban J connectivity index is 1.82. The highest BCUT2D eigenvalue weighted by atomic mass is 16.3. The number of β-amino-alcohol motifs (C(OH)–C–C–N with tert-alkyl or cyclic N) is 1. The largest absolute Gasteiger partial charge is 0.392 e. The molecule has 72 valence electrons. The third-order valence-corrected chi connectivity index (χ3v) is 3.22. The van der Waals surface area contributed by atoms with Crippen LogP contribution in [-0.4, -0.2) is 35.7 Å². The minimum absolute atomic E-state index is 0.127. The zero-order valence-corrected chi connectivity index (χ0v) is 7.87. The number of hydrogen-bond donors (Lipinski definition) is 1. The summed E-state index contributed by atoms with van der Waals surface area (Å²) in [6.07, 6.45) is 3.88.